The highest BCUT2D eigenvalue weighted by molar-refractivity contribution is 5.91. The highest BCUT2D eigenvalue weighted by Crippen LogP contribution is 2.38. The van der Waals surface area contributed by atoms with Crippen LogP contribution in [0.1, 0.15) is 33.4 Å². The average Bonchev–Trinajstić information content (AvgIpc) is 3.05. The van der Waals surface area contributed by atoms with E-state index in [0.29, 0.717) is 5.56 Å². The van der Waals surface area contributed by atoms with Crippen molar-refractivity contribution in [1.29, 1.82) is 5.26 Å². The molecule has 0 aliphatic heterocycles. The van der Waals surface area contributed by atoms with Gasteiger partial charge < -0.3 is 0 Å². The van der Waals surface area contributed by atoms with Crippen molar-refractivity contribution in [1.82, 2.24) is 4.98 Å². The quantitative estimate of drug-likeness (QED) is 0.193. The molecule has 0 radical (unpaired) electrons. The molecule has 5 aromatic carbocycles. The Labute approximate surface area is 253 Å². The zero-order valence-electron chi connectivity index (χ0n) is 24.7. The Morgan fingerprint density at radius 1 is 0.721 bits per heavy atom. The molecule has 206 valence electrons. The molecule has 2 nitrogen and oxygen atoms in total. The topological polar surface area (TPSA) is 36.7 Å². The van der Waals surface area contributed by atoms with Crippen molar-refractivity contribution >= 4 is 22.6 Å². The van der Waals surface area contributed by atoms with Gasteiger partial charge in [0.05, 0.1) is 22.8 Å². The van der Waals surface area contributed by atoms with Crippen molar-refractivity contribution < 1.29 is 0 Å². The lowest BCUT2D eigenvalue weighted by atomic mass is 9.87. The van der Waals surface area contributed by atoms with E-state index in [1.54, 1.807) is 0 Å². The van der Waals surface area contributed by atoms with Crippen molar-refractivity contribution in [2.45, 2.75) is 20.8 Å². The highest BCUT2D eigenvalue weighted by atomic mass is 14.7. The van der Waals surface area contributed by atoms with Crippen LogP contribution in [0.25, 0.3) is 56.1 Å². The van der Waals surface area contributed by atoms with Crippen LogP contribution in [0.2, 0.25) is 0 Å². The monoisotopic (exact) mass is 552 g/mol. The maximum absolute atomic E-state index is 9.28. The summed E-state index contributed by atoms with van der Waals surface area (Å²) in [6.45, 7) is 10.7. The van der Waals surface area contributed by atoms with E-state index in [0.717, 1.165) is 55.6 Å². The van der Waals surface area contributed by atoms with Crippen molar-refractivity contribution in [3.05, 3.63) is 161 Å². The minimum atomic E-state index is 0.661. The van der Waals surface area contributed by atoms with Crippen LogP contribution in [0, 0.1) is 32.1 Å². The number of hydrogen-bond donors (Lipinski definition) is 0. The van der Waals surface area contributed by atoms with Crippen LogP contribution < -0.4 is 0 Å². The lowest BCUT2D eigenvalue weighted by Gasteiger charge is -2.17. The number of nitriles is 1. The highest BCUT2D eigenvalue weighted by Gasteiger charge is 2.15. The van der Waals surface area contributed by atoms with Gasteiger partial charge in [0.2, 0.25) is 0 Å². The summed E-state index contributed by atoms with van der Waals surface area (Å²) in [5.74, 6) is 0. The van der Waals surface area contributed by atoms with Gasteiger partial charge in [0.15, 0.2) is 0 Å². The molecule has 0 unspecified atom stereocenters. The molecule has 0 saturated carbocycles. The summed E-state index contributed by atoms with van der Waals surface area (Å²) in [7, 11) is 0. The largest absolute Gasteiger partial charge is 0.247 e. The summed E-state index contributed by atoms with van der Waals surface area (Å²) in [5, 5.41) is 10.4. The van der Waals surface area contributed by atoms with Crippen LogP contribution in [-0.4, -0.2) is 4.98 Å². The third kappa shape index (κ3) is 5.54. The normalized spacial score (nSPS) is 11.1. The van der Waals surface area contributed by atoms with E-state index < -0.39 is 0 Å². The molecule has 6 aromatic rings. The molecule has 0 N–H and O–H groups in total. The van der Waals surface area contributed by atoms with Crippen LogP contribution in [0.5, 0.6) is 0 Å². The third-order valence-corrected chi connectivity index (χ3v) is 8.17. The number of aromatic nitrogens is 1. The molecule has 6 rings (SSSR count). The van der Waals surface area contributed by atoms with Gasteiger partial charge in [-0.1, -0.05) is 110 Å². The zero-order chi connectivity index (χ0) is 29.9. The maximum Gasteiger partial charge on any atom is 0.0991 e. The molecule has 2 heteroatoms. The van der Waals surface area contributed by atoms with E-state index in [-0.39, 0.29) is 0 Å². The zero-order valence-corrected chi connectivity index (χ0v) is 24.7. The predicted octanol–water partition coefficient (Wildman–Crippen LogP) is 10.8. The number of nitrogens with zero attached hydrogens (tertiary/aromatic N) is 2. The van der Waals surface area contributed by atoms with Crippen molar-refractivity contribution in [2.75, 3.05) is 0 Å². The Morgan fingerprint density at radius 3 is 2.23 bits per heavy atom. The summed E-state index contributed by atoms with van der Waals surface area (Å²) >= 11 is 0. The van der Waals surface area contributed by atoms with Gasteiger partial charge in [0, 0.05) is 10.9 Å². The number of rotatable bonds is 6. The first kappa shape index (κ1) is 27.6. The van der Waals surface area contributed by atoms with Crippen LogP contribution in [0.3, 0.4) is 0 Å². The number of allylic oxidation sites excluding steroid dienone is 2. The molecule has 0 fully saturated rings. The van der Waals surface area contributed by atoms with Crippen molar-refractivity contribution in [3.63, 3.8) is 0 Å². The molecule has 43 heavy (non-hydrogen) atoms. The summed E-state index contributed by atoms with van der Waals surface area (Å²) in [5.41, 5.74) is 15.1. The van der Waals surface area contributed by atoms with Crippen molar-refractivity contribution in [3.8, 4) is 39.6 Å². The summed E-state index contributed by atoms with van der Waals surface area (Å²) in [6, 6.07) is 41.9. The predicted molar refractivity (Wildman–Crippen MR) is 181 cm³/mol. The molecule has 1 aromatic heterocycles. The lowest BCUT2D eigenvalue weighted by Crippen LogP contribution is -1.94. The molecule has 0 spiro atoms. The second kappa shape index (κ2) is 11.8. The Morgan fingerprint density at radius 2 is 1.47 bits per heavy atom. The SMILES string of the molecule is C=C(/C=C\c1ccc2ccc(-c3ccc(C)c(-c4c(C)cccc4-c4ccc(C#N)cc4)c3)nc2c1C)c1ccccc1. The van der Waals surface area contributed by atoms with Gasteiger partial charge in [-0.25, -0.2) is 4.98 Å². The molecule has 1 heterocycles. The smallest absolute Gasteiger partial charge is 0.0991 e. The summed E-state index contributed by atoms with van der Waals surface area (Å²) < 4.78 is 0. The molecular weight excluding hydrogens is 520 g/mol. The summed E-state index contributed by atoms with van der Waals surface area (Å²) in [6.07, 6.45) is 4.21. The maximum atomic E-state index is 9.28. The molecule has 0 atom stereocenters. The molecular formula is C41H32N2. The van der Waals surface area contributed by atoms with Crippen LogP contribution in [0.4, 0.5) is 0 Å². The molecule has 0 saturated heterocycles. The van der Waals surface area contributed by atoms with E-state index in [1.165, 1.54) is 22.3 Å². The molecule has 0 bridgehead atoms. The minimum Gasteiger partial charge on any atom is -0.247 e. The summed E-state index contributed by atoms with van der Waals surface area (Å²) in [4.78, 5) is 5.19. The molecule has 0 amide bonds. The van der Waals surface area contributed by atoms with Gasteiger partial charge in [0.25, 0.3) is 0 Å². The van der Waals surface area contributed by atoms with E-state index in [9.17, 15) is 5.26 Å². The first-order chi connectivity index (χ1) is 20.9. The fourth-order valence-corrected chi connectivity index (χ4v) is 5.67. The number of benzene rings is 5. The van der Waals surface area contributed by atoms with E-state index in [4.69, 9.17) is 4.98 Å². The lowest BCUT2D eigenvalue weighted by molar-refractivity contribution is 1.34. The van der Waals surface area contributed by atoms with Crippen LogP contribution >= 0.6 is 0 Å². The Kier molecular flexibility index (Phi) is 7.56. The second-order valence-electron chi connectivity index (χ2n) is 11.0. The van der Waals surface area contributed by atoms with Crippen molar-refractivity contribution in [2.24, 2.45) is 0 Å². The number of aryl methyl sites for hydroxylation is 3. The minimum absolute atomic E-state index is 0.661. The first-order valence-electron chi connectivity index (χ1n) is 14.5. The van der Waals surface area contributed by atoms with E-state index in [2.05, 4.69) is 118 Å². The standard InChI is InChI=1S/C41H32N2/c1-27(32-10-6-5-7-11-32)13-17-33-21-22-35-23-24-39(43-41(35)30(33)4)36-18-14-28(2)38(25-36)40-29(3)9-8-12-37(40)34-19-15-31(26-42)16-20-34/h5-25H,1H2,2-4H3/b17-13-. The second-order valence-corrected chi connectivity index (χ2v) is 11.0. The number of hydrogen-bond acceptors (Lipinski definition) is 2. The Hall–Kier alpha value is -5.52. The van der Waals surface area contributed by atoms with Gasteiger partial charge >= 0.3 is 0 Å². The van der Waals surface area contributed by atoms with Crippen LogP contribution in [0.15, 0.2) is 128 Å². The fraction of sp³-hybridized carbons (Fsp3) is 0.0732. The molecule has 0 aliphatic rings. The number of pyridine rings is 1. The third-order valence-electron chi connectivity index (χ3n) is 8.17. The average molecular weight is 553 g/mol. The first-order valence-corrected chi connectivity index (χ1v) is 14.5. The van der Waals surface area contributed by atoms with Gasteiger partial charge in [0.1, 0.15) is 0 Å². The van der Waals surface area contributed by atoms with E-state index in [1.807, 2.05) is 42.5 Å². The fourth-order valence-electron chi connectivity index (χ4n) is 5.67. The van der Waals surface area contributed by atoms with Gasteiger partial charge in [-0.2, -0.15) is 5.26 Å². The van der Waals surface area contributed by atoms with Gasteiger partial charge in [-0.15, -0.1) is 0 Å². The Bertz CT molecular complexity index is 2060. The van der Waals surface area contributed by atoms with Gasteiger partial charge in [-0.3, -0.25) is 0 Å². The Balaban J connectivity index is 1.40. The number of fused-ring (bicyclic) bond motifs is 1. The van der Waals surface area contributed by atoms with Crippen LogP contribution in [-0.2, 0) is 0 Å². The van der Waals surface area contributed by atoms with Gasteiger partial charge in [-0.05, 0) is 101 Å². The molecule has 0 aliphatic carbocycles. The van der Waals surface area contributed by atoms with E-state index >= 15 is 0 Å².